The summed E-state index contributed by atoms with van der Waals surface area (Å²) < 4.78 is 49.4. The van der Waals surface area contributed by atoms with Gasteiger partial charge < -0.3 is 9.47 Å². The van der Waals surface area contributed by atoms with Gasteiger partial charge in [-0.3, -0.25) is 0 Å². The molecular weight excluding hydrogens is 455 g/mol. The molecule has 0 spiro atoms. The van der Waals surface area contributed by atoms with Crippen LogP contribution < -0.4 is 4.74 Å². The van der Waals surface area contributed by atoms with E-state index in [9.17, 15) is 18.0 Å². The number of hydrogen-bond donors (Lipinski definition) is 0. The molecule has 0 aliphatic carbocycles. The van der Waals surface area contributed by atoms with Gasteiger partial charge in [0.15, 0.2) is 0 Å². The SMILES string of the molecule is COC(=O)c1ccc(-c2cc(Oc3ccc(C(F)(F)F)cc3)cc3nc4ccccc4cc23)cc1. The first-order valence-corrected chi connectivity index (χ1v) is 10.7. The number of benzene rings is 4. The Balaban J connectivity index is 1.62. The molecule has 0 unspecified atom stereocenters. The molecule has 0 amide bonds. The third-order valence-electron chi connectivity index (χ3n) is 5.64. The molecule has 0 N–H and O–H groups in total. The maximum absolute atomic E-state index is 12.9. The van der Waals surface area contributed by atoms with Gasteiger partial charge in [0.2, 0.25) is 0 Å². The van der Waals surface area contributed by atoms with Crippen molar-refractivity contribution in [3.05, 3.63) is 102 Å². The molecule has 5 rings (SSSR count). The van der Waals surface area contributed by atoms with Gasteiger partial charge in [0.25, 0.3) is 0 Å². The van der Waals surface area contributed by atoms with Crippen molar-refractivity contribution in [2.24, 2.45) is 0 Å². The highest BCUT2D eigenvalue weighted by atomic mass is 19.4. The van der Waals surface area contributed by atoms with Gasteiger partial charge in [-0.15, -0.1) is 0 Å². The second-order valence-corrected chi connectivity index (χ2v) is 7.91. The Morgan fingerprint density at radius 2 is 1.51 bits per heavy atom. The average Bonchev–Trinajstić information content (AvgIpc) is 2.86. The molecule has 4 nitrogen and oxygen atoms in total. The van der Waals surface area contributed by atoms with E-state index in [4.69, 9.17) is 14.5 Å². The van der Waals surface area contributed by atoms with Crippen LogP contribution in [0.3, 0.4) is 0 Å². The number of para-hydroxylation sites is 1. The zero-order valence-electron chi connectivity index (χ0n) is 18.5. The number of rotatable bonds is 4. The molecule has 0 aliphatic rings. The van der Waals surface area contributed by atoms with Crippen LogP contribution in [0.5, 0.6) is 11.5 Å². The van der Waals surface area contributed by atoms with E-state index in [0.29, 0.717) is 16.8 Å². The maximum atomic E-state index is 12.9. The number of pyridine rings is 1. The summed E-state index contributed by atoms with van der Waals surface area (Å²) in [7, 11) is 1.32. The number of nitrogens with zero attached hydrogens (tertiary/aromatic N) is 1. The van der Waals surface area contributed by atoms with Crippen molar-refractivity contribution in [2.45, 2.75) is 6.18 Å². The van der Waals surface area contributed by atoms with Gasteiger partial charge >= 0.3 is 12.1 Å². The fraction of sp³-hybridized carbons (Fsp3) is 0.0714. The van der Waals surface area contributed by atoms with Crippen LogP contribution >= 0.6 is 0 Å². The van der Waals surface area contributed by atoms with Crippen LogP contribution in [0.25, 0.3) is 32.9 Å². The predicted octanol–water partition coefficient (Wildman–Crippen LogP) is 7.65. The van der Waals surface area contributed by atoms with Gasteiger partial charge in [0.1, 0.15) is 11.5 Å². The molecule has 174 valence electrons. The van der Waals surface area contributed by atoms with Gasteiger partial charge in [-0.1, -0.05) is 30.3 Å². The smallest absolute Gasteiger partial charge is 0.416 e. The minimum atomic E-state index is -4.42. The van der Waals surface area contributed by atoms with E-state index in [1.807, 2.05) is 36.4 Å². The number of fused-ring (bicyclic) bond motifs is 2. The summed E-state index contributed by atoms with van der Waals surface area (Å²) in [6, 6.07) is 24.8. The van der Waals surface area contributed by atoms with Crippen LogP contribution in [-0.4, -0.2) is 18.1 Å². The molecule has 5 aromatic rings. The number of hydrogen-bond acceptors (Lipinski definition) is 4. The summed E-state index contributed by atoms with van der Waals surface area (Å²) in [4.78, 5) is 16.6. The number of carbonyl (C=O) groups excluding carboxylic acids is 1. The topological polar surface area (TPSA) is 48.4 Å². The second kappa shape index (κ2) is 8.76. The van der Waals surface area contributed by atoms with E-state index in [2.05, 4.69) is 0 Å². The number of esters is 1. The van der Waals surface area contributed by atoms with Crippen LogP contribution in [0.15, 0.2) is 91.0 Å². The minimum Gasteiger partial charge on any atom is -0.465 e. The summed E-state index contributed by atoms with van der Waals surface area (Å²) in [5.41, 5.74) is 2.76. The molecule has 0 radical (unpaired) electrons. The van der Waals surface area contributed by atoms with Gasteiger partial charge in [-0.2, -0.15) is 13.2 Å². The molecule has 0 saturated heterocycles. The van der Waals surface area contributed by atoms with Crippen molar-refractivity contribution in [1.29, 1.82) is 0 Å². The van der Waals surface area contributed by atoms with Gasteiger partial charge in [-0.25, -0.2) is 9.78 Å². The zero-order valence-corrected chi connectivity index (χ0v) is 18.5. The second-order valence-electron chi connectivity index (χ2n) is 7.91. The maximum Gasteiger partial charge on any atom is 0.416 e. The van der Waals surface area contributed by atoms with Gasteiger partial charge in [0.05, 0.1) is 29.3 Å². The standard InChI is InChI=1S/C28H18F3NO3/c1-34-27(33)18-8-6-17(7-9-18)23-15-22(35-21-12-10-20(11-13-21)28(29,30)31)16-26-24(23)14-19-4-2-3-5-25(19)32-26/h2-16H,1H3. The van der Waals surface area contributed by atoms with Crippen molar-refractivity contribution in [1.82, 2.24) is 4.98 Å². The summed E-state index contributed by atoms with van der Waals surface area (Å²) in [5, 5.41) is 1.83. The van der Waals surface area contributed by atoms with Crippen molar-refractivity contribution in [3.63, 3.8) is 0 Å². The predicted molar refractivity (Wildman–Crippen MR) is 128 cm³/mol. The largest absolute Gasteiger partial charge is 0.465 e. The fourth-order valence-corrected chi connectivity index (χ4v) is 3.90. The molecule has 0 aliphatic heterocycles. The highest BCUT2D eigenvalue weighted by molar-refractivity contribution is 6.02. The lowest BCUT2D eigenvalue weighted by molar-refractivity contribution is -0.137. The Labute approximate surface area is 198 Å². The number of methoxy groups -OCH3 is 1. The summed E-state index contributed by atoms with van der Waals surface area (Å²) in [6.07, 6.45) is -4.42. The average molecular weight is 473 g/mol. The van der Waals surface area contributed by atoms with Gasteiger partial charge in [-0.05, 0) is 65.7 Å². The number of alkyl halides is 3. The molecule has 0 saturated carbocycles. The summed E-state index contributed by atoms with van der Waals surface area (Å²) in [6.45, 7) is 0. The van der Waals surface area contributed by atoms with Crippen LogP contribution in [0, 0.1) is 0 Å². The monoisotopic (exact) mass is 473 g/mol. The van der Waals surface area contributed by atoms with Crippen LogP contribution in [-0.2, 0) is 10.9 Å². The molecule has 4 aromatic carbocycles. The lowest BCUT2D eigenvalue weighted by atomic mass is 9.98. The van der Waals surface area contributed by atoms with E-state index in [-0.39, 0.29) is 5.75 Å². The number of ether oxygens (including phenoxy) is 2. The third-order valence-corrected chi connectivity index (χ3v) is 5.64. The third kappa shape index (κ3) is 4.53. The lowest BCUT2D eigenvalue weighted by Gasteiger charge is -2.13. The van der Waals surface area contributed by atoms with Crippen LogP contribution in [0.1, 0.15) is 15.9 Å². The van der Waals surface area contributed by atoms with E-state index in [0.717, 1.165) is 39.5 Å². The Hall–Kier alpha value is -4.39. The van der Waals surface area contributed by atoms with Crippen LogP contribution in [0.4, 0.5) is 13.2 Å². The molecule has 1 aromatic heterocycles. The van der Waals surface area contributed by atoms with E-state index >= 15 is 0 Å². The quantitative estimate of drug-likeness (QED) is 0.199. The summed E-state index contributed by atoms with van der Waals surface area (Å²) >= 11 is 0. The number of carbonyl (C=O) groups is 1. The van der Waals surface area contributed by atoms with Crippen molar-refractivity contribution in [2.75, 3.05) is 7.11 Å². The highest BCUT2D eigenvalue weighted by Crippen LogP contribution is 2.37. The zero-order chi connectivity index (χ0) is 24.6. The highest BCUT2D eigenvalue weighted by Gasteiger charge is 2.30. The Kier molecular flexibility index (Phi) is 5.61. The minimum absolute atomic E-state index is 0.269. The fourth-order valence-electron chi connectivity index (χ4n) is 3.90. The molecule has 1 heterocycles. The van der Waals surface area contributed by atoms with Crippen LogP contribution in [0.2, 0.25) is 0 Å². The molecule has 7 heteroatoms. The van der Waals surface area contributed by atoms with Crippen molar-refractivity contribution in [3.8, 4) is 22.6 Å². The molecule has 35 heavy (non-hydrogen) atoms. The first-order chi connectivity index (χ1) is 16.8. The van der Waals surface area contributed by atoms with Gasteiger partial charge in [0, 0.05) is 16.8 Å². The molecule has 0 bridgehead atoms. The molecule has 0 atom stereocenters. The Morgan fingerprint density at radius 1 is 0.800 bits per heavy atom. The normalized spacial score (nSPS) is 11.5. The van der Waals surface area contributed by atoms with E-state index in [1.165, 1.54) is 19.2 Å². The number of aromatic nitrogens is 1. The Morgan fingerprint density at radius 3 is 2.20 bits per heavy atom. The van der Waals surface area contributed by atoms with E-state index < -0.39 is 17.7 Å². The van der Waals surface area contributed by atoms with Crippen molar-refractivity contribution < 1.29 is 27.4 Å². The van der Waals surface area contributed by atoms with E-state index in [1.54, 1.807) is 30.3 Å². The Bertz CT molecular complexity index is 1540. The summed E-state index contributed by atoms with van der Waals surface area (Å²) in [5.74, 6) is 0.255. The first-order valence-electron chi connectivity index (χ1n) is 10.7. The lowest BCUT2D eigenvalue weighted by Crippen LogP contribution is -2.04. The van der Waals surface area contributed by atoms with Crippen molar-refractivity contribution >= 4 is 27.8 Å². The molecule has 0 fully saturated rings. The number of halogens is 3. The first kappa shape index (κ1) is 22.4. The molecular formula is C28H18F3NO3.